The average Bonchev–Trinajstić information content (AvgIpc) is 2.70. The smallest absolute Gasteiger partial charge is 0.411 e. The van der Waals surface area contributed by atoms with E-state index in [1.165, 1.54) is 0 Å². The Kier molecular flexibility index (Phi) is 6.82. The van der Waals surface area contributed by atoms with Gasteiger partial charge >= 0.3 is 12.2 Å². The lowest BCUT2D eigenvalue weighted by atomic mass is 10.1. The second kappa shape index (κ2) is 9.51. The van der Waals surface area contributed by atoms with Crippen molar-refractivity contribution in [2.75, 3.05) is 19.8 Å². The van der Waals surface area contributed by atoms with Crippen LogP contribution in [-0.4, -0.2) is 32.0 Å². The molecule has 29 heavy (non-hydrogen) atoms. The summed E-state index contributed by atoms with van der Waals surface area (Å²) in [7, 11) is 0. The van der Waals surface area contributed by atoms with Crippen molar-refractivity contribution in [1.82, 2.24) is 10.6 Å². The standard InChI is InChI=1S/C20H21F3N2O4/c21-20(22,23)13-27-12-15-3-1-14(2-4-15)10-24-19(26)25-11-16-5-6-17-18(9-16)29-8-7-28-17/h1-6,9H,7-8,10-13H2,(H2,24,25,26). The van der Waals surface area contributed by atoms with E-state index in [9.17, 15) is 18.0 Å². The molecule has 0 saturated heterocycles. The van der Waals surface area contributed by atoms with Crippen molar-refractivity contribution in [3.63, 3.8) is 0 Å². The molecule has 2 N–H and O–H groups in total. The maximum atomic E-state index is 12.1. The van der Waals surface area contributed by atoms with Gasteiger partial charge in [0.05, 0.1) is 6.61 Å². The third kappa shape index (κ3) is 6.86. The van der Waals surface area contributed by atoms with Crippen LogP contribution in [0.15, 0.2) is 42.5 Å². The van der Waals surface area contributed by atoms with Crippen LogP contribution < -0.4 is 20.1 Å². The minimum atomic E-state index is -4.34. The maximum absolute atomic E-state index is 12.1. The van der Waals surface area contributed by atoms with E-state index in [0.717, 1.165) is 11.1 Å². The zero-order chi connectivity index (χ0) is 20.7. The molecular formula is C20H21F3N2O4. The van der Waals surface area contributed by atoms with Crippen LogP contribution in [-0.2, 0) is 24.4 Å². The van der Waals surface area contributed by atoms with Crippen molar-refractivity contribution < 1.29 is 32.2 Å². The fourth-order valence-corrected chi connectivity index (χ4v) is 2.66. The molecule has 1 aliphatic heterocycles. The Bertz CT molecular complexity index is 825. The van der Waals surface area contributed by atoms with Crippen LogP contribution in [0.4, 0.5) is 18.0 Å². The number of hydrogen-bond acceptors (Lipinski definition) is 4. The molecule has 0 spiro atoms. The number of benzene rings is 2. The lowest BCUT2D eigenvalue weighted by molar-refractivity contribution is -0.176. The van der Waals surface area contributed by atoms with Gasteiger partial charge in [0.2, 0.25) is 0 Å². The van der Waals surface area contributed by atoms with Crippen LogP contribution in [0.1, 0.15) is 16.7 Å². The minimum absolute atomic E-state index is 0.122. The summed E-state index contributed by atoms with van der Waals surface area (Å²) >= 11 is 0. The number of nitrogens with one attached hydrogen (secondary N) is 2. The molecule has 2 amide bonds. The van der Waals surface area contributed by atoms with Gasteiger partial charge in [0, 0.05) is 13.1 Å². The highest BCUT2D eigenvalue weighted by atomic mass is 19.4. The fraction of sp³-hybridized carbons (Fsp3) is 0.350. The zero-order valence-electron chi connectivity index (χ0n) is 15.6. The van der Waals surface area contributed by atoms with E-state index in [1.807, 2.05) is 18.2 Å². The van der Waals surface area contributed by atoms with Gasteiger partial charge in [-0.2, -0.15) is 13.2 Å². The number of halogens is 3. The summed E-state index contributed by atoms with van der Waals surface area (Å²) in [4.78, 5) is 12.0. The van der Waals surface area contributed by atoms with Crippen LogP contribution in [0, 0.1) is 0 Å². The van der Waals surface area contributed by atoms with Crippen molar-refractivity contribution >= 4 is 6.03 Å². The first kappa shape index (κ1) is 20.8. The lowest BCUT2D eigenvalue weighted by Crippen LogP contribution is -2.34. The fourth-order valence-electron chi connectivity index (χ4n) is 2.66. The first-order chi connectivity index (χ1) is 13.9. The molecule has 0 fully saturated rings. The molecule has 0 saturated carbocycles. The van der Waals surface area contributed by atoms with Crippen molar-refractivity contribution in [3.05, 3.63) is 59.2 Å². The number of amides is 2. The number of hydrogen-bond donors (Lipinski definition) is 2. The van der Waals surface area contributed by atoms with Gasteiger partial charge < -0.3 is 24.8 Å². The molecule has 0 bridgehead atoms. The van der Waals surface area contributed by atoms with Crippen LogP contribution in [0.3, 0.4) is 0 Å². The van der Waals surface area contributed by atoms with E-state index in [1.54, 1.807) is 24.3 Å². The summed E-state index contributed by atoms with van der Waals surface area (Å²) in [6.07, 6.45) is -4.34. The van der Waals surface area contributed by atoms with E-state index >= 15 is 0 Å². The van der Waals surface area contributed by atoms with Crippen LogP contribution >= 0.6 is 0 Å². The Labute approximate surface area is 166 Å². The molecule has 0 unspecified atom stereocenters. The number of fused-ring (bicyclic) bond motifs is 1. The highest BCUT2D eigenvalue weighted by Gasteiger charge is 2.27. The number of rotatable bonds is 7. The number of ether oxygens (including phenoxy) is 3. The van der Waals surface area contributed by atoms with Crippen molar-refractivity contribution in [2.45, 2.75) is 25.9 Å². The number of carbonyl (C=O) groups is 1. The Balaban J connectivity index is 1.39. The molecule has 1 heterocycles. The monoisotopic (exact) mass is 410 g/mol. The first-order valence-electron chi connectivity index (χ1n) is 9.01. The van der Waals surface area contributed by atoms with E-state index < -0.39 is 12.8 Å². The SMILES string of the molecule is O=C(NCc1ccc(COCC(F)(F)F)cc1)NCc1ccc2c(c1)OCCO2. The minimum Gasteiger partial charge on any atom is -0.486 e. The summed E-state index contributed by atoms with van der Waals surface area (Å²) in [6, 6.07) is 11.9. The highest BCUT2D eigenvalue weighted by molar-refractivity contribution is 5.73. The molecule has 1 aliphatic rings. The van der Waals surface area contributed by atoms with Crippen molar-refractivity contribution in [3.8, 4) is 11.5 Å². The Morgan fingerprint density at radius 1 is 0.897 bits per heavy atom. The quantitative estimate of drug-likeness (QED) is 0.733. The van der Waals surface area contributed by atoms with Gasteiger partial charge in [0.15, 0.2) is 11.5 Å². The summed E-state index contributed by atoms with van der Waals surface area (Å²) < 4.78 is 51.8. The van der Waals surface area contributed by atoms with Crippen molar-refractivity contribution in [1.29, 1.82) is 0 Å². The van der Waals surface area contributed by atoms with Gasteiger partial charge in [-0.05, 0) is 28.8 Å². The molecule has 0 aliphatic carbocycles. The molecular weight excluding hydrogens is 389 g/mol. The number of carbonyl (C=O) groups excluding carboxylic acids is 1. The van der Waals surface area contributed by atoms with Crippen LogP contribution in [0.2, 0.25) is 0 Å². The first-order valence-corrected chi connectivity index (χ1v) is 9.01. The lowest BCUT2D eigenvalue weighted by Gasteiger charge is -2.19. The molecule has 3 rings (SSSR count). The average molecular weight is 410 g/mol. The second-order valence-corrected chi connectivity index (χ2v) is 6.44. The normalized spacial score (nSPS) is 13.1. The number of urea groups is 1. The topological polar surface area (TPSA) is 68.8 Å². The Morgan fingerprint density at radius 3 is 2.17 bits per heavy atom. The molecule has 6 nitrogen and oxygen atoms in total. The molecule has 156 valence electrons. The van der Waals surface area contributed by atoms with Gasteiger partial charge in [-0.1, -0.05) is 30.3 Å². The van der Waals surface area contributed by atoms with E-state index in [2.05, 4.69) is 15.4 Å². The predicted octanol–water partition coefficient (Wildman–Crippen LogP) is 3.54. The Hall–Kier alpha value is -2.94. The summed E-state index contributed by atoms with van der Waals surface area (Å²) in [5, 5.41) is 5.48. The van der Waals surface area contributed by atoms with Gasteiger partial charge in [0.1, 0.15) is 19.8 Å². The summed E-state index contributed by atoms with van der Waals surface area (Å²) in [5.41, 5.74) is 2.33. The third-order valence-corrected chi connectivity index (χ3v) is 4.07. The molecule has 0 aromatic heterocycles. The van der Waals surface area contributed by atoms with E-state index in [4.69, 9.17) is 9.47 Å². The second-order valence-electron chi connectivity index (χ2n) is 6.44. The van der Waals surface area contributed by atoms with Crippen molar-refractivity contribution in [2.24, 2.45) is 0 Å². The molecule has 2 aromatic carbocycles. The largest absolute Gasteiger partial charge is 0.486 e. The van der Waals surface area contributed by atoms with Crippen LogP contribution in [0.5, 0.6) is 11.5 Å². The zero-order valence-corrected chi connectivity index (χ0v) is 15.6. The Morgan fingerprint density at radius 2 is 1.48 bits per heavy atom. The number of alkyl halides is 3. The molecule has 2 aromatic rings. The predicted molar refractivity (Wildman–Crippen MR) is 98.7 cm³/mol. The summed E-state index contributed by atoms with van der Waals surface area (Å²) in [6.45, 7) is 0.240. The third-order valence-electron chi connectivity index (χ3n) is 4.07. The van der Waals surface area contributed by atoms with Crippen LogP contribution in [0.25, 0.3) is 0 Å². The van der Waals surface area contributed by atoms with E-state index in [0.29, 0.717) is 36.8 Å². The molecule has 0 radical (unpaired) electrons. The molecule has 0 atom stereocenters. The maximum Gasteiger partial charge on any atom is 0.411 e. The van der Waals surface area contributed by atoms with Gasteiger partial charge in [-0.15, -0.1) is 0 Å². The molecule has 9 heteroatoms. The highest BCUT2D eigenvalue weighted by Crippen LogP contribution is 2.30. The summed E-state index contributed by atoms with van der Waals surface area (Å²) in [5.74, 6) is 1.35. The van der Waals surface area contributed by atoms with Gasteiger partial charge in [-0.25, -0.2) is 4.79 Å². The van der Waals surface area contributed by atoms with Gasteiger partial charge in [-0.3, -0.25) is 0 Å². The van der Waals surface area contributed by atoms with Gasteiger partial charge in [0.25, 0.3) is 0 Å². The van der Waals surface area contributed by atoms with E-state index in [-0.39, 0.29) is 19.2 Å².